The fourth-order valence-electron chi connectivity index (χ4n) is 2.63. The largest absolute Gasteiger partial charge is 0.478 e. The minimum Gasteiger partial charge on any atom is -0.478 e. The molecule has 2 aromatic rings. The van der Waals surface area contributed by atoms with Crippen LogP contribution >= 0.6 is 0 Å². The van der Waals surface area contributed by atoms with Gasteiger partial charge in [0.15, 0.2) is 11.5 Å². The summed E-state index contributed by atoms with van der Waals surface area (Å²) in [6.45, 7) is 0.0408. The molecule has 2 aliphatic heterocycles. The van der Waals surface area contributed by atoms with Crippen molar-refractivity contribution in [3.8, 4) is 11.5 Å². The Hall–Kier alpha value is -3.22. The van der Waals surface area contributed by atoms with Crippen LogP contribution < -0.4 is 14.8 Å². The van der Waals surface area contributed by atoms with Crippen molar-refractivity contribution in [2.45, 2.75) is 6.23 Å². The van der Waals surface area contributed by atoms with Gasteiger partial charge < -0.3 is 24.6 Å². The molecule has 2 N–H and O–H groups in total. The number of esters is 1. The zero-order chi connectivity index (χ0) is 16.0. The highest BCUT2D eigenvalue weighted by Gasteiger charge is 2.32. The molecule has 0 fully saturated rings. The Kier molecular flexibility index (Phi) is 2.87. The van der Waals surface area contributed by atoms with Gasteiger partial charge in [0.25, 0.3) is 0 Å². The van der Waals surface area contributed by atoms with Gasteiger partial charge in [-0.05, 0) is 6.07 Å². The normalized spacial score (nSPS) is 17.6. The minimum absolute atomic E-state index is 0.00896. The Morgan fingerprint density at radius 3 is 2.70 bits per heavy atom. The second kappa shape index (κ2) is 4.91. The number of cyclic esters (lactones) is 1. The van der Waals surface area contributed by atoms with E-state index in [1.54, 1.807) is 24.3 Å². The van der Waals surface area contributed by atoms with Crippen LogP contribution in [0.2, 0.25) is 0 Å². The number of hydrogen-bond acceptors (Lipinski definition) is 6. The monoisotopic (exact) mass is 313 g/mol. The Morgan fingerprint density at radius 1 is 1.17 bits per heavy atom. The lowest BCUT2D eigenvalue weighted by atomic mass is 10.1. The number of fused-ring (bicyclic) bond motifs is 2. The van der Waals surface area contributed by atoms with Crippen LogP contribution in [-0.2, 0) is 4.74 Å². The van der Waals surface area contributed by atoms with E-state index in [1.165, 1.54) is 12.1 Å². The van der Waals surface area contributed by atoms with Crippen molar-refractivity contribution in [1.82, 2.24) is 0 Å². The molecule has 0 saturated carbocycles. The van der Waals surface area contributed by atoms with Crippen molar-refractivity contribution in [2.75, 3.05) is 12.1 Å². The van der Waals surface area contributed by atoms with Gasteiger partial charge in [-0.2, -0.15) is 0 Å². The summed E-state index contributed by atoms with van der Waals surface area (Å²) >= 11 is 0. The first-order valence-corrected chi connectivity index (χ1v) is 6.87. The van der Waals surface area contributed by atoms with Crippen molar-refractivity contribution in [3.63, 3.8) is 0 Å². The molecule has 0 radical (unpaired) electrons. The molecule has 0 aromatic heterocycles. The maximum atomic E-state index is 11.8. The second-order valence-electron chi connectivity index (χ2n) is 5.07. The van der Waals surface area contributed by atoms with E-state index >= 15 is 0 Å². The lowest BCUT2D eigenvalue weighted by Gasteiger charge is -2.16. The van der Waals surface area contributed by atoms with Crippen molar-refractivity contribution >= 4 is 17.6 Å². The molecule has 1 unspecified atom stereocenters. The number of benzene rings is 2. The Balaban J connectivity index is 1.73. The van der Waals surface area contributed by atoms with Crippen molar-refractivity contribution < 1.29 is 28.9 Å². The molecule has 2 aromatic carbocycles. The summed E-state index contributed by atoms with van der Waals surface area (Å²) < 4.78 is 15.7. The van der Waals surface area contributed by atoms with Gasteiger partial charge in [-0.15, -0.1) is 0 Å². The predicted molar refractivity (Wildman–Crippen MR) is 77.7 cm³/mol. The fourth-order valence-corrected chi connectivity index (χ4v) is 2.63. The molecular formula is C16H11NO6. The maximum absolute atomic E-state index is 11.8. The van der Waals surface area contributed by atoms with Crippen molar-refractivity contribution in [3.05, 3.63) is 53.1 Å². The third-order valence-corrected chi connectivity index (χ3v) is 3.72. The maximum Gasteiger partial charge on any atom is 0.340 e. The number of nitrogens with one attached hydrogen (secondary N) is 1. The predicted octanol–water partition coefficient (Wildman–Crippen LogP) is 2.39. The van der Waals surface area contributed by atoms with E-state index in [-0.39, 0.29) is 18.0 Å². The quantitative estimate of drug-likeness (QED) is 0.840. The summed E-state index contributed by atoms with van der Waals surface area (Å²) in [7, 11) is 0. The number of rotatable bonds is 3. The molecule has 0 spiro atoms. The molecule has 116 valence electrons. The molecule has 4 rings (SSSR count). The molecule has 0 bridgehead atoms. The average Bonchev–Trinajstić information content (AvgIpc) is 3.12. The van der Waals surface area contributed by atoms with Crippen LogP contribution in [0, 0.1) is 0 Å². The number of carboxylic acids is 1. The molecule has 7 heteroatoms. The lowest BCUT2D eigenvalue weighted by molar-refractivity contribution is 0.0437. The van der Waals surface area contributed by atoms with Crippen LogP contribution in [0.5, 0.6) is 11.5 Å². The summed E-state index contributed by atoms with van der Waals surface area (Å²) in [4.78, 5) is 23.3. The molecular weight excluding hydrogens is 302 g/mol. The zero-order valence-corrected chi connectivity index (χ0v) is 11.7. The van der Waals surface area contributed by atoms with Crippen LogP contribution in [0.15, 0.2) is 36.4 Å². The second-order valence-corrected chi connectivity index (χ2v) is 5.07. The van der Waals surface area contributed by atoms with Gasteiger partial charge in [0, 0.05) is 17.7 Å². The summed E-state index contributed by atoms with van der Waals surface area (Å²) in [5.41, 5.74) is 1.42. The molecule has 1 atom stereocenters. The van der Waals surface area contributed by atoms with Crippen LogP contribution in [-0.4, -0.2) is 23.8 Å². The number of aromatic carboxylic acids is 1. The third kappa shape index (κ3) is 2.13. The first-order valence-electron chi connectivity index (χ1n) is 6.87. The molecule has 23 heavy (non-hydrogen) atoms. The number of ether oxygens (including phenoxy) is 3. The standard InChI is InChI=1S/C16H11NO6/c18-15(19)10-5-12-13(22-7-21-12)6-11(10)17-14-8-3-1-2-4-9(8)16(20)23-14/h1-6,14,17H,7H2,(H,18,19). The van der Waals surface area contributed by atoms with Crippen molar-refractivity contribution in [2.24, 2.45) is 0 Å². The van der Waals surface area contributed by atoms with Gasteiger partial charge in [0.1, 0.15) is 0 Å². The fraction of sp³-hybridized carbons (Fsp3) is 0.125. The summed E-state index contributed by atoms with van der Waals surface area (Å²) in [5, 5.41) is 12.3. The molecule has 2 heterocycles. The van der Waals surface area contributed by atoms with Crippen LogP contribution in [0.3, 0.4) is 0 Å². The summed E-state index contributed by atoms with van der Waals surface area (Å²) in [6, 6.07) is 9.86. The van der Waals surface area contributed by atoms with E-state index in [0.29, 0.717) is 22.6 Å². The number of carboxylic acid groups (broad SMARTS) is 1. The Morgan fingerprint density at radius 2 is 1.91 bits per heavy atom. The molecule has 2 aliphatic rings. The summed E-state index contributed by atoms with van der Waals surface area (Å²) in [6.07, 6.45) is -0.753. The highest BCUT2D eigenvalue weighted by molar-refractivity contribution is 5.97. The Bertz CT molecular complexity index is 831. The zero-order valence-electron chi connectivity index (χ0n) is 11.7. The molecule has 0 amide bonds. The first-order chi connectivity index (χ1) is 11.1. The van der Waals surface area contributed by atoms with Gasteiger partial charge >= 0.3 is 11.9 Å². The molecule has 0 saturated heterocycles. The third-order valence-electron chi connectivity index (χ3n) is 3.72. The van der Waals surface area contributed by atoms with Gasteiger partial charge in [-0.1, -0.05) is 18.2 Å². The number of carbonyl (C=O) groups excluding carboxylic acids is 1. The first kappa shape index (κ1) is 13.4. The van der Waals surface area contributed by atoms with E-state index in [4.69, 9.17) is 14.2 Å². The molecule has 0 aliphatic carbocycles. The van der Waals surface area contributed by atoms with E-state index in [1.807, 2.05) is 0 Å². The van der Waals surface area contributed by atoms with E-state index in [9.17, 15) is 14.7 Å². The van der Waals surface area contributed by atoms with Gasteiger partial charge in [-0.3, -0.25) is 0 Å². The summed E-state index contributed by atoms with van der Waals surface area (Å²) in [5.74, 6) is -0.758. The smallest absolute Gasteiger partial charge is 0.340 e. The number of hydrogen-bond donors (Lipinski definition) is 2. The Labute approximate surface area is 130 Å². The van der Waals surface area contributed by atoms with E-state index < -0.39 is 18.2 Å². The van der Waals surface area contributed by atoms with Crippen LogP contribution in [0.1, 0.15) is 32.5 Å². The average molecular weight is 313 g/mol. The number of anilines is 1. The highest BCUT2D eigenvalue weighted by Crippen LogP contribution is 2.39. The highest BCUT2D eigenvalue weighted by atomic mass is 16.7. The van der Waals surface area contributed by atoms with Gasteiger partial charge in [-0.25, -0.2) is 9.59 Å². The lowest BCUT2D eigenvalue weighted by Crippen LogP contribution is -2.13. The van der Waals surface area contributed by atoms with Crippen molar-refractivity contribution in [1.29, 1.82) is 0 Å². The SMILES string of the molecule is O=C(O)c1cc2c(cc1NC1OC(=O)c3ccccc31)OCO2. The van der Waals surface area contributed by atoms with E-state index in [2.05, 4.69) is 5.32 Å². The topological polar surface area (TPSA) is 94.1 Å². The van der Waals surface area contributed by atoms with Crippen LogP contribution in [0.4, 0.5) is 5.69 Å². The van der Waals surface area contributed by atoms with Gasteiger partial charge in [0.2, 0.25) is 13.0 Å². The van der Waals surface area contributed by atoms with Gasteiger partial charge in [0.05, 0.1) is 16.8 Å². The molecule has 7 nitrogen and oxygen atoms in total. The van der Waals surface area contributed by atoms with E-state index in [0.717, 1.165) is 0 Å². The number of carbonyl (C=O) groups is 2. The minimum atomic E-state index is -1.12. The van der Waals surface area contributed by atoms with Crippen LogP contribution in [0.25, 0.3) is 0 Å².